The fourth-order valence-corrected chi connectivity index (χ4v) is 2.42. The van der Waals surface area contributed by atoms with Gasteiger partial charge in [-0.1, -0.05) is 18.2 Å². The molecule has 0 saturated carbocycles. The first kappa shape index (κ1) is 18.8. The Morgan fingerprint density at radius 2 is 1.20 bits per heavy atom. The van der Waals surface area contributed by atoms with Crippen molar-refractivity contribution in [2.24, 2.45) is 0 Å². The molecule has 2 rings (SSSR count). The minimum Gasteiger partial charge on any atom is -0.494 e. The average molecular weight is 346 g/mol. The van der Waals surface area contributed by atoms with Gasteiger partial charge in [0.2, 0.25) is 5.75 Å². The van der Waals surface area contributed by atoms with E-state index in [0.29, 0.717) is 36.2 Å². The van der Waals surface area contributed by atoms with E-state index in [1.54, 1.807) is 33.5 Å². The SMILES string of the molecule is COc1cc(OCCCCCOc2ccccc2)cc(OC)c1OC. The Balaban J connectivity index is 1.71. The van der Waals surface area contributed by atoms with Crippen LogP contribution in [-0.2, 0) is 0 Å². The number of benzene rings is 2. The summed E-state index contributed by atoms with van der Waals surface area (Å²) in [6, 6.07) is 13.5. The normalized spacial score (nSPS) is 10.2. The molecule has 2 aromatic carbocycles. The largest absolute Gasteiger partial charge is 0.494 e. The van der Waals surface area contributed by atoms with Crippen molar-refractivity contribution in [2.75, 3.05) is 34.5 Å². The maximum Gasteiger partial charge on any atom is 0.203 e. The van der Waals surface area contributed by atoms with E-state index in [4.69, 9.17) is 23.7 Å². The van der Waals surface area contributed by atoms with Gasteiger partial charge in [0.25, 0.3) is 0 Å². The van der Waals surface area contributed by atoms with Gasteiger partial charge in [-0.15, -0.1) is 0 Å². The molecule has 0 N–H and O–H groups in total. The van der Waals surface area contributed by atoms with Gasteiger partial charge in [-0.2, -0.15) is 0 Å². The maximum atomic E-state index is 5.80. The standard InChI is InChI=1S/C20H26O5/c1-21-18-14-17(15-19(22-2)20(18)23-3)25-13-9-5-8-12-24-16-10-6-4-7-11-16/h4,6-7,10-11,14-15H,5,8-9,12-13H2,1-3H3. The van der Waals surface area contributed by atoms with Crippen molar-refractivity contribution in [3.63, 3.8) is 0 Å². The molecule has 0 radical (unpaired) electrons. The molecule has 0 aliphatic rings. The molecule has 0 unspecified atom stereocenters. The lowest BCUT2D eigenvalue weighted by molar-refractivity contribution is 0.275. The Kier molecular flexibility index (Phi) is 7.76. The number of unbranched alkanes of at least 4 members (excludes halogenated alkanes) is 2. The van der Waals surface area contributed by atoms with Crippen molar-refractivity contribution in [1.29, 1.82) is 0 Å². The van der Waals surface area contributed by atoms with E-state index in [2.05, 4.69) is 0 Å². The van der Waals surface area contributed by atoms with Crippen LogP contribution in [0, 0.1) is 0 Å². The lowest BCUT2D eigenvalue weighted by Crippen LogP contribution is -2.02. The summed E-state index contributed by atoms with van der Waals surface area (Å²) in [5, 5.41) is 0. The molecule has 0 atom stereocenters. The molecule has 0 heterocycles. The quantitative estimate of drug-likeness (QED) is 0.566. The van der Waals surface area contributed by atoms with Crippen molar-refractivity contribution >= 4 is 0 Å². The van der Waals surface area contributed by atoms with Crippen LogP contribution in [0.15, 0.2) is 42.5 Å². The zero-order valence-corrected chi connectivity index (χ0v) is 15.1. The fraction of sp³-hybridized carbons (Fsp3) is 0.400. The predicted molar refractivity (Wildman–Crippen MR) is 97.4 cm³/mol. The topological polar surface area (TPSA) is 46.2 Å². The van der Waals surface area contributed by atoms with Crippen LogP contribution in [0.3, 0.4) is 0 Å². The third kappa shape index (κ3) is 5.78. The van der Waals surface area contributed by atoms with Crippen LogP contribution in [-0.4, -0.2) is 34.5 Å². The van der Waals surface area contributed by atoms with Gasteiger partial charge in [-0.3, -0.25) is 0 Å². The summed E-state index contributed by atoms with van der Waals surface area (Å²) >= 11 is 0. The molecule has 0 bridgehead atoms. The summed E-state index contributed by atoms with van der Waals surface area (Å²) in [6.45, 7) is 1.35. The first-order valence-electron chi connectivity index (χ1n) is 8.39. The van der Waals surface area contributed by atoms with Gasteiger partial charge in [0, 0.05) is 12.1 Å². The average Bonchev–Trinajstić information content (AvgIpc) is 2.67. The molecule has 5 nitrogen and oxygen atoms in total. The molecule has 5 heteroatoms. The van der Waals surface area contributed by atoms with Gasteiger partial charge >= 0.3 is 0 Å². The van der Waals surface area contributed by atoms with Gasteiger partial charge < -0.3 is 23.7 Å². The molecule has 0 aliphatic heterocycles. The predicted octanol–water partition coefficient (Wildman–Crippen LogP) is 4.34. The highest BCUT2D eigenvalue weighted by Crippen LogP contribution is 2.40. The summed E-state index contributed by atoms with van der Waals surface area (Å²) < 4.78 is 27.4. The van der Waals surface area contributed by atoms with Crippen molar-refractivity contribution in [2.45, 2.75) is 19.3 Å². The summed E-state index contributed by atoms with van der Waals surface area (Å²) in [5.74, 6) is 3.36. The summed E-state index contributed by atoms with van der Waals surface area (Å²) in [7, 11) is 4.76. The first-order valence-corrected chi connectivity index (χ1v) is 8.39. The van der Waals surface area contributed by atoms with Crippen LogP contribution in [0.2, 0.25) is 0 Å². The molecule has 0 saturated heterocycles. The van der Waals surface area contributed by atoms with E-state index in [0.717, 1.165) is 25.0 Å². The van der Waals surface area contributed by atoms with Gasteiger partial charge in [-0.25, -0.2) is 0 Å². The Bertz CT molecular complexity index is 602. The number of hydrogen-bond donors (Lipinski definition) is 0. The lowest BCUT2D eigenvalue weighted by atomic mass is 10.2. The molecule has 0 spiro atoms. The van der Waals surface area contributed by atoms with Crippen LogP contribution < -0.4 is 23.7 Å². The summed E-state index contributed by atoms with van der Waals surface area (Å²) in [6.07, 6.45) is 2.99. The van der Waals surface area contributed by atoms with Crippen LogP contribution in [0.4, 0.5) is 0 Å². The van der Waals surface area contributed by atoms with Gasteiger partial charge in [0.1, 0.15) is 11.5 Å². The monoisotopic (exact) mass is 346 g/mol. The lowest BCUT2D eigenvalue weighted by Gasteiger charge is -2.14. The van der Waals surface area contributed by atoms with E-state index in [1.165, 1.54) is 0 Å². The number of para-hydroxylation sites is 1. The molecule has 2 aromatic rings. The van der Waals surface area contributed by atoms with Crippen molar-refractivity contribution < 1.29 is 23.7 Å². The van der Waals surface area contributed by atoms with E-state index >= 15 is 0 Å². The second-order valence-electron chi connectivity index (χ2n) is 5.43. The number of methoxy groups -OCH3 is 3. The third-order valence-corrected chi connectivity index (χ3v) is 3.71. The smallest absolute Gasteiger partial charge is 0.203 e. The molecule has 25 heavy (non-hydrogen) atoms. The van der Waals surface area contributed by atoms with Crippen LogP contribution in [0.5, 0.6) is 28.7 Å². The van der Waals surface area contributed by atoms with Crippen LogP contribution >= 0.6 is 0 Å². The molecule has 0 fully saturated rings. The molecular weight excluding hydrogens is 320 g/mol. The highest BCUT2D eigenvalue weighted by atomic mass is 16.5. The Hall–Kier alpha value is -2.56. The van der Waals surface area contributed by atoms with E-state index in [9.17, 15) is 0 Å². The highest BCUT2D eigenvalue weighted by Gasteiger charge is 2.13. The fourth-order valence-electron chi connectivity index (χ4n) is 2.42. The van der Waals surface area contributed by atoms with E-state index in [1.807, 2.05) is 30.3 Å². The van der Waals surface area contributed by atoms with Crippen molar-refractivity contribution in [1.82, 2.24) is 0 Å². The molecular formula is C20H26O5. The number of rotatable bonds is 11. The molecule has 0 amide bonds. The van der Waals surface area contributed by atoms with Crippen molar-refractivity contribution in [3.8, 4) is 28.7 Å². The van der Waals surface area contributed by atoms with Crippen molar-refractivity contribution in [3.05, 3.63) is 42.5 Å². The molecule has 0 aromatic heterocycles. The first-order chi connectivity index (χ1) is 12.3. The van der Waals surface area contributed by atoms with Crippen LogP contribution in [0.25, 0.3) is 0 Å². The minimum absolute atomic E-state index is 0.565. The van der Waals surface area contributed by atoms with Crippen LogP contribution in [0.1, 0.15) is 19.3 Å². The Labute approximate surface area is 149 Å². The minimum atomic E-state index is 0.565. The van der Waals surface area contributed by atoms with Gasteiger partial charge in [-0.05, 0) is 31.4 Å². The highest BCUT2D eigenvalue weighted by molar-refractivity contribution is 5.55. The number of hydrogen-bond acceptors (Lipinski definition) is 5. The van der Waals surface area contributed by atoms with E-state index < -0.39 is 0 Å². The number of ether oxygens (including phenoxy) is 5. The second kappa shape index (κ2) is 10.3. The zero-order chi connectivity index (χ0) is 17.9. The second-order valence-corrected chi connectivity index (χ2v) is 5.43. The summed E-state index contributed by atoms with van der Waals surface area (Å²) in [5.41, 5.74) is 0. The molecule has 0 aliphatic carbocycles. The van der Waals surface area contributed by atoms with E-state index in [-0.39, 0.29) is 0 Å². The Morgan fingerprint density at radius 1 is 0.640 bits per heavy atom. The van der Waals surface area contributed by atoms with Gasteiger partial charge in [0.05, 0.1) is 34.5 Å². The molecule has 136 valence electrons. The Morgan fingerprint density at radius 3 is 1.72 bits per heavy atom. The summed E-state index contributed by atoms with van der Waals surface area (Å²) in [4.78, 5) is 0. The van der Waals surface area contributed by atoms with Gasteiger partial charge in [0.15, 0.2) is 11.5 Å². The zero-order valence-electron chi connectivity index (χ0n) is 15.1. The maximum absolute atomic E-state index is 5.80. The third-order valence-electron chi connectivity index (χ3n) is 3.71.